The summed E-state index contributed by atoms with van der Waals surface area (Å²) < 4.78 is 0. The van der Waals surface area contributed by atoms with Crippen molar-refractivity contribution in [2.75, 3.05) is 0 Å². The highest BCUT2D eigenvalue weighted by molar-refractivity contribution is 5.98. The Morgan fingerprint density at radius 1 is 1.27 bits per heavy atom. The van der Waals surface area contributed by atoms with E-state index in [0.717, 1.165) is 19.3 Å². The molecule has 1 unspecified atom stereocenters. The molecule has 0 saturated heterocycles. The van der Waals surface area contributed by atoms with Crippen LogP contribution >= 0.6 is 0 Å². The summed E-state index contributed by atoms with van der Waals surface area (Å²) in [5.41, 5.74) is 0.784. The Morgan fingerprint density at radius 2 is 2.00 bits per heavy atom. The first-order valence-electron chi connectivity index (χ1n) is 8.18. The van der Waals surface area contributed by atoms with Crippen molar-refractivity contribution < 1.29 is 9.59 Å². The van der Waals surface area contributed by atoms with Gasteiger partial charge in [-0.05, 0) is 38.3 Å². The quantitative estimate of drug-likeness (QED) is 0.878. The highest BCUT2D eigenvalue weighted by Crippen LogP contribution is 2.17. The first-order valence-corrected chi connectivity index (χ1v) is 8.18. The number of aromatic nitrogens is 1. The summed E-state index contributed by atoms with van der Waals surface area (Å²) in [6.07, 6.45) is 8.04. The van der Waals surface area contributed by atoms with Crippen LogP contribution in [0.1, 0.15) is 73.2 Å². The molecule has 0 aromatic carbocycles. The van der Waals surface area contributed by atoms with E-state index in [1.807, 2.05) is 13.8 Å². The maximum atomic E-state index is 12.3. The molecule has 1 aliphatic rings. The van der Waals surface area contributed by atoms with Crippen molar-refractivity contribution in [1.82, 2.24) is 15.6 Å². The van der Waals surface area contributed by atoms with Gasteiger partial charge in [-0.15, -0.1) is 0 Å². The van der Waals surface area contributed by atoms with Crippen LogP contribution in [0.5, 0.6) is 0 Å². The first kappa shape index (κ1) is 16.5. The Hall–Kier alpha value is -1.91. The van der Waals surface area contributed by atoms with Gasteiger partial charge < -0.3 is 10.6 Å². The Labute approximate surface area is 131 Å². The number of pyridine rings is 1. The SMILES string of the molecule is CCC(C)NC(=O)c1cc(C(=O)NC2CCCCC2)ccn1. The molecule has 0 radical (unpaired) electrons. The van der Waals surface area contributed by atoms with E-state index in [2.05, 4.69) is 15.6 Å². The summed E-state index contributed by atoms with van der Waals surface area (Å²) >= 11 is 0. The van der Waals surface area contributed by atoms with Crippen LogP contribution in [-0.2, 0) is 0 Å². The smallest absolute Gasteiger partial charge is 0.270 e. The number of hydrogen-bond acceptors (Lipinski definition) is 3. The van der Waals surface area contributed by atoms with Crippen LogP contribution in [0.15, 0.2) is 18.3 Å². The minimum Gasteiger partial charge on any atom is -0.349 e. The molecular formula is C17H25N3O2. The predicted octanol–water partition coefficient (Wildman–Crippen LogP) is 2.67. The zero-order valence-corrected chi connectivity index (χ0v) is 13.4. The molecule has 5 heteroatoms. The Bertz CT molecular complexity index is 524. The van der Waals surface area contributed by atoms with Gasteiger partial charge >= 0.3 is 0 Å². The lowest BCUT2D eigenvalue weighted by atomic mass is 9.95. The summed E-state index contributed by atoms with van der Waals surface area (Å²) in [6, 6.07) is 3.56. The highest BCUT2D eigenvalue weighted by atomic mass is 16.2. The molecule has 0 spiro atoms. The van der Waals surface area contributed by atoms with E-state index in [1.165, 1.54) is 25.5 Å². The summed E-state index contributed by atoms with van der Waals surface area (Å²) in [5.74, 6) is -0.353. The zero-order valence-electron chi connectivity index (χ0n) is 13.4. The van der Waals surface area contributed by atoms with Gasteiger partial charge in [0.1, 0.15) is 5.69 Å². The fraction of sp³-hybridized carbons (Fsp3) is 0.588. The number of nitrogens with one attached hydrogen (secondary N) is 2. The third kappa shape index (κ3) is 4.55. The second kappa shape index (κ2) is 7.92. The van der Waals surface area contributed by atoms with Gasteiger partial charge in [0.2, 0.25) is 0 Å². The van der Waals surface area contributed by atoms with Crippen molar-refractivity contribution >= 4 is 11.8 Å². The van der Waals surface area contributed by atoms with Crippen molar-refractivity contribution in [2.24, 2.45) is 0 Å². The van der Waals surface area contributed by atoms with E-state index in [-0.39, 0.29) is 29.6 Å². The molecule has 0 aliphatic heterocycles. The monoisotopic (exact) mass is 303 g/mol. The molecule has 120 valence electrons. The minimum atomic E-state index is -0.235. The third-order valence-corrected chi connectivity index (χ3v) is 4.19. The molecule has 1 saturated carbocycles. The summed E-state index contributed by atoms with van der Waals surface area (Å²) in [5, 5.41) is 5.92. The van der Waals surface area contributed by atoms with Crippen LogP contribution in [-0.4, -0.2) is 28.9 Å². The van der Waals surface area contributed by atoms with E-state index < -0.39 is 0 Å². The number of carbonyl (C=O) groups excluding carboxylic acids is 2. The second-order valence-electron chi connectivity index (χ2n) is 6.02. The van der Waals surface area contributed by atoms with Crippen LogP contribution in [0.25, 0.3) is 0 Å². The van der Waals surface area contributed by atoms with Gasteiger partial charge in [-0.1, -0.05) is 26.2 Å². The normalized spacial score (nSPS) is 16.8. The van der Waals surface area contributed by atoms with E-state index in [9.17, 15) is 9.59 Å². The molecule has 1 aromatic rings. The van der Waals surface area contributed by atoms with Crippen LogP contribution < -0.4 is 10.6 Å². The van der Waals surface area contributed by atoms with Crippen molar-refractivity contribution in [1.29, 1.82) is 0 Å². The Kier molecular flexibility index (Phi) is 5.92. The maximum Gasteiger partial charge on any atom is 0.270 e. The van der Waals surface area contributed by atoms with Gasteiger partial charge in [-0.2, -0.15) is 0 Å². The minimum absolute atomic E-state index is 0.0917. The third-order valence-electron chi connectivity index (χ3n) is 4.19. The molecular weight excluding hydrogens is 278 g/mol. The molecule has 2 amide bonds. The topological polar surface area (TPSA) is 71.1 Å². The average molecular weight is 303 g/mol. The van der Waals surface area contributed by atoms with Gasteiger partial charge in [-0.3, -0.25) is 14.6 Å². The number of rotatable bonds is 5. The molecule has 5 nitrogen and oxygen atoms in total. The summed E-state index contributed by atoms with van der Waals surface area (Å²) in [7, 11) is 0. The molecule has 1 fully saturated rings. The van der Waals surface area contributed by atoms with Crippen molar-refractivity contribution in [2.45, 2.75) is 64.5 Å². The van der Waals surface area contributed by atoms with Crippen LogP contribution in [0.2, 0.25) is 0 Å². The molecule has 1 heterocycles. The average Bonchev–Trinajstić information content (AvgIpc) is 2.55. The Morgan fingerprint density at radius 3 is 2.68 bits per heavy atom. The van der Waals surface area contributed by atoms with Crippen molar-refractivity contribution in [3.8, 4) is 0 Å². The maximum absolute atomic E-state index is 12.3. The van der Waals surface area contributed by atoms with Crippen molar-refractivity contribution in [3.63, 3.8) is 0 Å². The zero-order chi connectivity index (χ0) is 15.9. The number of nitrogens with zero attached hydrogens (tertiary/aromatic N) is 1. The second-order valence-corrected chi connectivity index (χ2v) is 6.02. The number of amides is 2. The molecule has 1 atom stereocenters. The molecule has 1 aromatic heterocycles. The standard InChI is InChI=1S/C17H25N3O2/c1-3-12(2)19-17(22)15-11-13(9-10-18-15)16(21)20-14-7-5-4-6-8-14/h9-12,14H,3-8H2,1-2H3,(H,19,22)(H,20,21). The van der Waals surface area contributed by atoms with Crippen LogP contribution in [0.3, 0.4) is 0 Å². The molecule has 22 heavy (non-hydrogen) atoms. The van der Waals surface area contributed by atoms with Crippen LogP contribution in [0.4, 0.5) is 0 Å². The van der Waals surface area contributed by atoms with E-state index in [0.29, 0.717) is 5.56 Å². The Balaban J connectivity index is 2.00. The van der Waals surface area contributed by atoms with E-state index >= 15 is 0 Å². The lowest BCUT2D eigenvalue weighted by Crippen LogP contribution is -2.36. The van der Waals surface area contributed by atoms with Gasteiger partial charge in [0, 0.05) is 23.8 Å². The van der Waals surface area contributed by atoms with E-state index in [4.69, 9.17) is 0 Å². The van der Waals surface area contributed by atoms with Gasteiger partial charge in [0.15, 0.2) is 0 Å². The first-order chi connectivity index (χ1) is 10.6. The molecule has 2 N–H and O–H groups in total. The summed E-state index contributed by atoms with van der Waals surface area (Å²) in [6.45, 7) is 3.95. The largest absolute Gasteiger partial charge is 0.349 e. The fourth-order valence-electron chi connectivity index (χ4n) is 2.61. The highest BCUT2D eigenvalue weighted by Gasteiger charge is 2.18. The van der Waals surface area contributed by atoms with Gasteiger partial charge in [-0.25, -0.2) is 0 Å². The van der Waals surface area contributed by atoms with Crippen LogP contribution in [0, 0.1) is 0 Å². The molecule has 0 bridgehead atoms. The molecule has 2 rings (SSSR count). The summed E-state index contributed by atoms with van der Waals surface area (Å²) in [4.78, 5) is 28.4. The number of hydrogen-bond donors (Lipinski definition) is 2. The van der Waals surface area contributed by atoms with Gasteiger partial charge in [0.25, 0.3) is 11.8 Å². The van der Waals surface area contributed by atoms with Crippen molar-refractivity contribution in [3.05, 3.63) is 29.6 Å². The van der Waals surface area contributed by atoms with Gasteiger partial charge in [0.05, 0.1) is 0 Å². The molecule has 1 aliphatic carbocycles. The lowest BCUT2D eigenvalue weighted by molar-refractivity contribution is 0.0927. The van der Waals surface area contributed by atoms with E-state index in [1.54, 1.807) is 12.1 Å². The lowest BCUT2D eigenvalue weighted by Gasteiger charge is -2.22. The fourth-order valence-corrected chi connectivity index (χ4v) is 2.61. The number of carbonyl (C=O) groups is 2. The predicted molar refractivity (Wildman–Crippen MR) is 85.8 cm³/mol.